The molecule has 0 saturated carbocycles. The van der Waals surface area contributed by atoms with E-state index < -0.39 is 0 Å². The van der Waals surface area contributed by atoms with Crippen LogP contribution in [0.25, 0.3) is 0 Å². The number of nitrogens with two attached hydrogens (primary N) is 1. The van der Waals surface area contributed by atoms with Crippen LogP contribution < -0.4 is 5.73 Å². The SMILES string of the molecule is CC1CCN(C(N)=NCc2ccccc2Cl)CC1. The molecule has 0 bridgehead atoms. The summed E-state index contributed by atoms with van der Waals surface area (Å²) >= 11 is 6.09. The number of benzene rings is 1. The number of halogens is 1. The Balaban J connectivity index is 1.95. The standard InChI is InChI=1S/C14H20ClN3/c1-11-6-8-18(9-7-11)14(16)17-10-12-4-2-3-5-13(12)15/h2-5,11H,6-10H2,1H3,(H2,16,17). The fourth-order valence-corrected chi connectivity index (χ4v) is 2.33. The third-order valence-corrected chi connectivity index (χ3v) is 3.85. The fraction of sp³-hybridized carbons (Fsp3) is 0.500. The van der Waals surface area contributed by atoms with Gasteiger partial charge in [-0.2, -0.15) is 0 Å². The maximum absolute atomic E-state index is 6.09. The first-order chi connectivity index (χ1) is 8.66. The third-order valence-electron chi connectivity index (χ3n) is 3.48. The zero-order chi connectivity index (χ0) is 13.0. The van der Waals surface area contributed by atoms with Gasteiger partial charge >= 0.3 is 0 Å². The van der Waals surface area contributed by atoms with Crippen LogP contribution in [0.1, 0.15) is 25.3 Å². The summed E-state index contributed by atoms with van der Waals surface area (Å²) in [4.78, 5) is 6.60. The average Bonchev–Trinajstić information content (AvgIpc) is 2.38. The molecule has 1 aliphatic heterocycles. The van der Waals surface area contributed by atoms with Crippen molar-refractivity contribution in [1.29, 1.82) is 0 Å². The molecular formula is C14H20ClN3. The topological polar surface area (TPSA) is 41.6 Å². The zero-order valence-electron chi connectivity index (χ0n) is 10.8. The van der Waals surface area contributed by atoms with Crippen molar-refractivity contribution in [2.24, 2.45) is 16.6 Å². The van der Waals surface area contributed by atoms with Gasteiger partial charge in [0.05, 0.1) is 6.54 Å². The van der Waals surface area contributed by atoms with Gasteiger partial charge in [-0.05, 0) is 30.4 Å². The Morgan fingerprint density at radius 2 is 2.06 bits per heavy atom. The minimum absolute atomic E-state index is 0.553. The molecule has 18 heavy (non-hydrogen) atoms. The quantitative estimate of drug-likeness (QED) is 0.660. The lowest BCUT2D eigenvalue weighted by Gasteiger charge is -2.31. The van der Waals surface area contributed by atoms with Crippen LogP contribution in [0, 0.1) is 5.92 Å². The third kappa shape index (κ3) is 3.39. The molecule has 0 aromatic heterocycles. The maximum Gasteiger partial charge on any atom is 0.191 e. The molecule has 1 heterocycles. The number of hydrogen-bond donors (Lipinski definition) is 1. The molecule has 1 fully saturated rings. The molecule has 0 unspecified atom stereocenters. The highest BCUT2D eigenvalue weighted by Crippen LogP contribution is 2.17. The molecule has 1 aromatic carbocycles. The number of hydrogen-bond acceptors (Lipinski definition) is 1. The first kappa shape index (κ1) is 13.2. The van der Waals surface area contributed by atoms with Gasteiger partial charge in [0.25, 0.3) is 0 Å². The Bertz CT molecular complexity index is 423. The van der Waals surface area contributed by atoms with Gasteiger partial charge in [-0.15, -0.1) is 0 Å². The van der Waals surface area contributed by atoms with Gasteiger partial charge in [0, 0.05) is 18.1 Å². The molecule has 2 N–H and O–H groups in total. The van der Waals surface area contributed by atoms with Gasteiger partial charge in [0.2, 0.25) is 0 Å². The molecule has 1 saturated heterocycles. The molecule has 1 aliphatic rings. The summed E-state index contributed by atoms with van der Waals surface area (Å²) < 4.78 is 0. The molecule has 2 rings (SSSR count). The number of nitrogens with zero attached hydrogens (tertiary/aromatic N) is 2. The summed E-state index contributed by atoms with van der Waals surface area (Å²) in [6, 6.07) is 7.75. The fourth-order valence-electron chi connectivity index (χ4n) is 2.13. The smallest absolute Gasteiger partial charge is 0.191 e. The van der Waals surface area contributed by atoms with E-state index in [1.165, 1.54) is 12.8 Å². The minimum Gasteiger partial charge on any atom is -0.370 e. The van der Waals surface area contributed by atoms with Gasteiger partial charge in [0.15, 0.2) is 5.96 Å². The largest absolute Gasteiger partial charge is 0.370 e. The molecular weight excluding hydrogens is 246 g/mol. The number of guanidine groups is 1. The van der Waals surface area contributed by atoms with Crippen LogP contribution in [0.15, 0.2) is 29.3 Å². The number of likely N-dealkylation sites (tertiary alicyclic amines) is 1. The molecule has 0 atom stereocenters. The van der Waals surface area contributed by atoms with Gasteiger partial charge in [-0.25, -0.2) is 4.99 Å². The predicted octanol–water partition coefficient (Wildman–Crippen LogP) is 2.89. The van der Waals surface area contributed by atoms with E-state index in [1.807, 2.05) is 24.3 Å². The highest BCUT2D eigenvalue weighted by atomic mass is 35.5. The Morgan fingerprint density at radius 1 is 1.39 bits per heavy atom. The monoisotopic (exact) mass is 265 g/mol. The average molecular weight is 266 g/mol. The molecule has 1 aromatic rings. The van der Waals surface area contributed by atoms with Crippen LogP contribution in [-0.4, -0.2) is 23.9 Å². The second-order valence-corrected chi connectivity index (χ2v) is 5.34. The van der Waals surface area contributed by atoms with Crippen LogP contribution in [-0.2, 0) is 6.54 Å². The van der Waals surface area contributed by atoms with Crippen LogP contribution in [0.4, 0.5) is 0 Å². The van der Waals surface area contributed by atoms with Crippen LogP contribution in [0.2, 0.25) is 5.02 Å². The van der Waals surface area contributed by atoms with Crippen LogP contribution >= 0.6 is 11.6 Å². The van der Waals surface area contributed by atoms with Crippen molar-refractivity contribution in [3.8, 4) is 0 Å². The zero-order valence-corrected chi connectivity index (χ0v) is 11.5. The van der Waals surface area contributed by atoms with Crippen LogP contribution in [0.5, 0.6) is 0 Å². The Hall–Kier alpha value is -1.22. The maximum atomic E-state index is 6.09. The van der Waals surface area contributed by atoms with E-state index in [1.54, 1.807) is 0 Å². The second kappa shape index (κ2) is 6.10. The normalized spacial score (nSPS) is 18.1. The molecule has 0 aliphatic carbocycles. The van der Waals surface area contributed by atoms with Gasteiger partial charge in [-0.3, -0.25) is 0 Å². The Kier molecular flexibility index (Phi) is 4.48. The number of aliphatic imine (C=N–C) groups is 1. The van der Waals surface area contributed by atoms with Crippen molar-refractivity contribution in [2.45, 2.75) is 26.3 Å². The minimum atomic E-state index is 0.553. The second-order valence-electron chi connectivity index (χ2n) is 4.94. The molecule has 0 radical (unpaired) electrons. The van der Waals surface area contributed by atoms with Crippen molar-refractivity contribution in [1.82, 2.24) is 4.90 Å². The summed E-state index contributed by atoms with van der Waals surface area (Å²) in [6.07, 6.45) is 2.39. The van der Waals surface area contributed by atoms with Crippen molar-refractivity contribution in [3.05, 3.63) is 34.9 Å². The summed E-state index contributed by atoms with van der Waals surface area (Å²) in [5.74, 6) is 1.44. The predicted molar refractivity (Wildman–Crippen MR) is 76.7 cm³/mol. The Morgan fingerprint density at radius 3 is 2.72 bits per heavy atom. The van der Waals surface area contributed by atoms with E-state index in [9.17, 15) is 0 Å². The summed E-state index contributed by atoms with van der Waals surface area (Å²) in [5, 5.41) is 0.751. The van der Waals surface area contributed by atoms with Gasteiger partial charge in [0.1, 0.15) is 0 Å². The molecule has 0 spiro atoms. The molecule has 3 nitrogen and oxygen atoms in total. The van der Waals surface area contributed by atoms with Crippen molar-refractivity contribution in [2.75, 3.05) is 13.1 Å². The van der Waals surface area contributed by atoms with Gasteiger partial charge in [-0.1, -0.05) is 36.7 Å². The van der Waals surface area contributed by atoms with E-state index in [4.69, 9.17) is 17.3 Å². The summed E-state index contributed by atoms with van der Waals surface area (Å²) in [5.41, 5.74) is 7.05. The van der Waals surface area contributed by atoms with E-state index in [2.05, 4.69) is 16.8 Å². The van der Waals surface area contributed by atoms with E-state index in [0.717, 1.165) is 29.6 Å². The van der Waals surface area contributed by atoms with Crippen molar-refractivity contribution >= 4 is 17.6 Å². The molecule has 98 valence electrons. The summed E-state index contributed by atoms with van der Waals surface area (Å²) in [7, 11) is 0. The lowest BCUT2D eigenvalue weighted by Crippen LogP contribution is -2.42. The summed E-state index contributed by atoms with van der Waals surface area (Å²) in [6.45, 7) is 4.87. The highest BCUT2D eigenvalue weighted by Gasteiger charge is 2.16. The lowest BCUT2D eigenvalue weighted by molar-refractivity contribution is 0.277. The number of piperidine rings is 1. The molecule has 4 heteroatoms. The first-order valence-electron chi connectivity index (χ1n) is 6.45. The van der Waals surface area contributed by atoms with Crippen LogP contribution in [0.3, 0.4) is 0 Å². The Labute approximate surface area is 114 Å². The van der Waals surface area contributed by atoms with E-state index >= 15 is 0 Å². The van der Waals surface area contributed by atoms with Gasteiger partial charge < -0.3 is 10.6 Å². The lowest BCUT2D eigenvalue weighted by atomic mass is 10.00. The van der Waals surface area contributed by atoms with E-state index in [-0.39, 0.29) is 0 Å². The van der Waals surface area contributed by atoms with E-state index in [0.29, 0.717) is 12.5 Å². The highest BCUT2D eigenvalue weighted by molar-refractivity contribution is 6.31. The van der Waals surface area contributed by atoms with Crippen molar-refractivity contribution < 1.29 is 0 Å². The first-order valence-corrected chi connectivity index (χ1v) is 6.83. The van der Waals surface area contributed by atoms with Crippen molar-refractivity contribution in [3.63, 3.8) is 0 Å². The molecule has 0 amide bonds. The number of rotatable bonds is 2.